The number of hydrogen-bond donors (Lipinski definition) is 2. The summed E-state index contributed by atoms with van der Waals surface area (Å²) < 4.78 is 0. The van der Waals surface area contributed by atoms with E-state index in [-0.39, 0.29) is 5.91 Å². The maximum Gasteiger partial charge on any atom is 0.313 e. The highest BCUT2D eigenvalue weighted by Crippen LogP contribution is 2.22. The largest absolute Gasteiger partial charge is 0.347 e. The highest BCUT2D eigenvalue weighted by molar-refractivity contribution is 6.39. The van der Waals surface area contributed by atoms with Crippen LogP contribution in [0.15, 0.2) is 42.5 Å². The normalized spacial score (nSPS) is 14.0. The molecule has 1 aliphatic rings. The second-order valence-corrected chi connectivity index (χ2v) is 9.11. The van der Waals surface area contributed by atoms with Crippen LogP contribution in [-0.2, 0) is 16.0 Å². The van der Waals surface area contributed by atoms with Crippen LogP contribution in [0.5, 0.6) is 0 Å². The Hall–Kier alpha value is -2.61. The number of piperazine rings is 1. The van der Waals surface area contributed by atoms with Gasteiger partial charge in [0.1, 0.15) is 0 Å². The highest BCUT2D eigenvalue weighted by Gasteiger charge is 2.24. The molecule has 0 bridgehead atoms. The first-order valence-electron chi connectivity index (χ1n) is 11.5. The number of carbonyl (C=O) groups is 3. The molecule has 0 aliphatic carbocycles. The highest BCUT2D eigenvalue weighted by atomic mass is 35.5. The van der Waals surface area contributed by atoms with Crippen molar-refractivity contribution in [1.29, 1.82) is 0 Å². The molecule has 0 atom stereocenters. The summed E-state index contributed by atoms with van der Waals surface area (Å²) >= 11 is 12.1. The third kappa shape index (κ3) is 7.45. The lowest BCUT2D eigenvalue weighted by molar-refractivity contribution is -0.136. The molecule has 2 N–H and O–H groups in total. The van der Waals surface area contributed by atoms with Gasteiger partial charge in [-0.1, -0.05) is 48.7 Å². The summed E-state index contributed by atoms with van der Waals surface area (Å²) in [5, 5.41) is 6.12. The van der Waals surface area contributed by atoms with E-state index in [1.54, 1.807) is 23.1 Å². The minimum Gasteiger partial charge on any atom is -0.347 e. The van der Waals surface area contributed by atoms with Crippen molar-refractivity contribution in [3.05, 3.63) is 63.6 Å². The van der Waals surface area contributed by atoms with E-state index in [2.05, 4.69) is 22.5 Å². The summed E-state index contributed by atoms with van der Waals surface area (Å²) in [5.74, 6) is -1.47. The van der Waals surface area contributed by atoms with E-state index in [1.165, 1.54) is 5.56 Å². The zero-order valence-corrected chi connectivity index (χ0v) is 20.8. The van der Waals surface area contributed by atoms with Crippen LogP contribution in [0.3, 0.4) is 0 Å². The minimum absolute atomic E-state index is 0.121. The molecule has 3 rings (SSSR count). The van der Waals surface area contributed by atoms with Crippen molar-refractivity contribution in [2.45, 2.75) is 26.2 Å². The Morgan fingerprint density at radius 1 is 0.941 bits per heavy atom. The summed E-state index contributed by atoms with van der Waals surface area (Å²) in [6.07, 6.45) is 3.25. The molecule has 1 fully saturated rings. The molecule has 1 saturated heterocycles. The smallest absolute Gasteiger partial charge is 0.313 e. The predicted molar refractivity (Wildman–Crippen MR) is 135 cm³/mol. The number of nitrogens with one attached hydrogen (secondary N) is 2. The van der Waals surface area contributed by atoms with E-state index in [4.69, 9.17) is 23.2 Å². The van der Waals surface area contributed by atoms with E-state index in [0.717, 1.165) is 19.3 Å². The van der Waals surface area contributed by atoms with Crippen LogP contribution in [-0.4, -0.2) is 66.8 Å². The van der Waals surface area contributed by atoms with Crippen LogP contribution in [0.25, 0.3) is 0 Å². The Bertz CT molecular complexity index is 1010. The lowest BCUT2D eigenvalue weighted by Crippen LogP contribution is -2.50. The maximum absolute atomic E-state index is 12.7. The van der Waals surface area contributed by atoms with Crippen molar-refractivity contribution in [2.75, 3.05) is 44.6 Å². The molecule has 1 aliphatic heterocycles. The van der Waals surface area contributed by atoms with Gasteiger partial charge in [-0.2, -0.15) is 0 Å². The van der Waals surface area contributed by atoms with Crippen LogP contribution < -0.4 is 10.6 Å². The van der Waals surface area contributed by atoms with Crippen LogP contribution in [0.4, 0.5) is 5.69 Å². The Labute approximate surface area is 210 Å². The average Bonchev–Trinajstić information content (AvgIpc) is 2.83. The van der Waals surface area contributed by atoms with Crippen LogP contribution in [0.2, 0.25) is 10.0 Å². The fourth-order valence-corrected chi connectivity index (χ4v) is 4.23. The van der Waals surface area contributed by atoms with Gasteiger partial charge in [-0.3, -0.25) is 19.3 Å². The van der Waals surface area contributed by atoms with E-state index in [0.29, 0.717) is 60.6 Å². The van der Waals surface area contributed by atoms with Crippen LogP contribution in [0.1, 0.15) is 35.7 Å². The topological polar surface area (TPSA) is 81.8 Å². The average molecular weight is 505 g/mol. The molecule has 0 unspecified atom stereocenters. The van der Waals surface area contributed by atoms with Crippen molar-refractivity contribution in [3.8, 4) is 0 Å². The molecule has 2 aromatic rings. The van der Waals surface area contributed by atoms with Crippen LogP contribution in [0, 0.1) is 0 Å². The molecular weight excluding hydrogens is 475 g/mol. The molecule has 2 aromatic carbocycles. The summed E-state index contributed by atoms with van der Waals surface area (Å²) in [6.45, 7) is 5.54. The zero-order chi connectivity index (χ0) is 24.5. The molecular formula is C25H30Cl2N4O3. The number of hydrogen-bond acceptors (Lipinski definition) is 4. The monoisotopic (exact) mass is 504 g/mol. The summed E-state index contributed by atoms with van der Waals surface area (Å²) in [4.78, 5) is 40.9. The molecule has 0 saturated carbocycles. The summed E-state index contributed by atoms with van der Waals surface area (Å²) in [7, 11) is 0. The standard InChI is InChI=1S/C25H30Cl2N4O3/c1-2-3-4-18-5-8-20(9-6-18)29-24(33)23(32)28-11-12-30-13-15-31(16-14-30)25(34)21-10-7-19(26)17-22(21)27/h5-10,17H,2-4,11-16H2,1H3,(H,28,32)(H,29,33). The van der Waals surface area contributed by atoms with Crippen LogP contribution >= 0.6 is 23.2 Å². The Morgan fingerprint density at radius 3 is 2.29 bits per heavy atom. The number of nitrogens with zero attached hydrogens (tertiary/aromatic N) is 2. The van der Waals surface area contributed by atoms with Crippen molar-refractivity contribution in [3.63, 3.8) is 0 Å². The van der Waals surface area contributed by atoms with Gasteiger partial charge in [-0.25, -0.2) is 0 Å². The van der Waals surface area contributed by atoms with Crippen molar-refractivity contribution in [1.82, 2.24) is 15.1 Å². The first-order chi connectivity index (χ1) is 16.4. The molecule has 0 spiro atoms. The number of benzene rings is 2. The third-order valence-corrected chi connectivity index (χ3v) is 6.32. The molecule has 9 heteroatoms. The van der Waals surface area contributed by atoms with Crippen molar-refractivity contribution in [2.24, 2.45) is 0 Å². The van der Waals surface area contributed by atoms with Gasteiger partial charge in [0, 0.05) is 50.0 Å². The zero-order valence-electron chi connectivity index (χ0n) is 19.3. The molecule has 34 heavy (non-hydrogen) atoms. The fraction of sp³-hybridized carbons (Fsp3) is 0.400. The first-order valence-corrected chi connectivity index (χ1v) is 12.3. The number of anilines is 1. The second-order valence-electron chi connectivity index (χ2n) is 8.27. The minimum atomic E-state index is -0.684. The van der Waals surface area contributed by atoms with Gasteiger partial charge in [0.2, 0.25) is 0 Å². The molecule has 0 aromatic heterocycles. The lowest BCUT2D eigenvalue weighted by atomic mass is 10.1. The molecule has 1 heterocycles. The first kappa shape index (κ1) is 26.0. The Kier molecular flexibility index (Phi) is 9.74. The summed E-state index contributed by atoms with van der Waals surface area (Å²) in [6, 6.07) is 12.4. The summed E-state index contributed by atoms with van der Waals surface area (Å²) in [5.41, 5.74) is 2.25. The van der Waals surface area contributed by atoms with E-state index in [1.807, 2.05) is 24.3 Å². The fourth-order valence-electron chi connectivity index (χ4n) is 3.74. The molecule has 0 radical (unpaired) electrons. The predicted octanol–water partition coefficient (Wildman–Crippen LogP) is 3.85. The maximum atomic E-state index is 12.7. The number of carbonyl (C=O) groups excluding carboxylic acids is 3. The van der Waals surface area contributed by atoms with Gasteiger partial charge in [0.05, 0.1) is 10.6 Å². The van der Waals surface area contributed by atoms with Gasteiger partial charge in [-0.15, -0.1) is 0 Å². The van der Waals surface area contributed by atoms with Gasteiger partial charge in [0.15, 0.2) is 0 Å². The van der Waals surface area contributed by atoms with Gasteiger partial charge >= 0.3 is 11.8 Å². The number of aryl methyl sites for hydroxylation is 1. The number of rotatable bonds is 8. The van der Waals surface area contributed by atoms with E-state index < -0.39 is 11.8 Å². The van der Waals surface area contributed by atoms with Gasteiger partial charge < -0.3 is 15.5 Å². The quantitative estimate of drug-likeness (QED) is 0.535. The Morgan fingerprint density at radius 2 is 1.65 bits per heavy atom. The SMILES string of the molecule is CCCCc1ccc(NC(=O)C(=O)NCCN2CCN(C(=O)c3ccc(Cl)cc3Cl)CC2)cc1. The Balaban J connectivity index is 1.36. The molecule has 7 nitrogen and oxygen atoms in total. The number of amides is 3. The third-order valence-electron chi connectivity index (χ3n) is 5.77. The van der Waals surface area contributed by atoms with Gasteiger partial charge in [-0.05, 0) is 48.7 Å². The van der Waals surface area contributed by atoms with Crippen molar-refractivity contribution < 1.29 is 14.4 Å². The van der Waals surface area contributed by atoms with E-state index >= 15 is 0 Å². The van der Waals surface area contributed by atoms with E-state index in [9.17, 15) is 14.4 Å². The lowest BCUT2D eigenvalue weighted by Gasteiger charge is -2.34. The number of unbranched alkanes of at least 4 members (excludes halogenated alkanes) is 1. The van der Waals surface area contributed by atoms with Crippen molar-refractivity contribution >= 4 is 46.6 Å². The number of halogens is 2. The molecule has 3 amide bonds. The van der Waals surface area contributed by atoms with Gasteiger partial charge in [0.25, 0.3) is 5.91 Å². The molecule has 182 valence electrons. The second kappa shape index (κ2) is 12.7.